The van der Waals surface area contributed by atoms with E-state index in [1.807, 2.05) is 0 Å². The van der Waals surface area contributed by atoms with Crippen molar-refractivity contribution in [3.8, 4) is 0 Å². The zero-order valence-corrected chi connectivity index (χ0v) is 8.85. The fourth-order valence-electron chi connectivity index (χ4n) is 1.76. The molecular weight excluding hydrogens is 206 g/mol. The highest BCUT2D eigenvalue weighted by Crippen LogP contribution is 2.23. The van der Waals surface area contributed by atoms with Crippen molar-refractivity contribution in [3.63, 3.8) is 0 Å². The van der Waals surface area contributed by atoms with Crippen LogP contribution in [0.2, 0.25) is 0 Å². The topological polar surface area (TPSA) is 67.5 Å². The van der Waals surface area contributed by atoms with Gasteiger partial charge < -0.3 is 0 Å². The molecule has 84 valence electrons. The molecule has 1 fully saturated rings. The summed E-state index contributed by atoms with van der Waals surface area (Å²) in [4.78, 5) is 10.3. The maximum absolute atomic E-state index is 10.7. The number of nitrogens with one attached hydrogen (secondary N) is 1. The second kappa shape index (κ2) is 4.74. The molecule has 1 aliphatic rings. The van der Waals surface area contributed by atoms with Crippen molar-refractivity contribution in [1.29, 1.82) is 0 Å². The van der Waals surface area contributed by atoms with Gasteiger partial charge in [0.15, 0.2) is 0 Å². The first-order chi connectivity index (χ1) is 7.77. The van der Waals surface area contributed by atoms with Crippen LogP contribution < -0.4 is 5.43 Å². The van der Waals surface area contributed by atoms with Gasteiger partial charge >= 0.3 is 0 Å². The van der Waals surface area contributed by atoms with Gasteiger partial charge in [0.2, 0.25) is 0 Å². The van der Waals surface area contributed by atoms with Crippen molar-refractivity contribution in [1.82, 2.24) is 0 Å². The van der Waals surface area contributed by atoms with Gasteiger partial charge in [0.1, 0.15) is 5.69 Å². The van der Waals surface area contributed by atoms with E-state index in [1.165, 1.54) is 6.07 Å². The van der Waals surface area contributed by atoms with Crippen LogP contribution in [0.3, 0.4) is 0 Å². The molecule has 0 unspecified atom stereocenters. The van der Waals surface area contributed by atoms with Crippen LogP contribution >= 0.6 is 0 Å². The Bertz CT molecular complexity index is 421. The molecule has 0 saturated heterocycles. The van der Waals surface area contributed by atoms with Crippen LogP contribution in [-0.2, 0) is 0 Å². The van der Waals surface area contributed by atoms with E-state index < -0.39 is 4.92 Å². The molecule has 1 aromatic carbocycles. The number of hydrogen-bond acceptors (Lipinski definition) is 4. The number of nitrogens with zero attached hydrogens (tertiary/aromatic N) is 2. The van der Waals surface area contributed by atoms with Gasteiger partial charge in [-0.05, 0) is 31.7 Å². The lowest BCUT2D eigenvalue weighted by atomic mass is 10.3. The van der Waals surface area contributed by atoms with Crippen LogP contribution in [0, 0.1) is 10.1 Å². The maximum atomic E-state index is 10.7. The van der Waals surface area contributed by atoms with Gasteiger partial charge in [-0.25, -0.2) is 0 Å². The Labute approximate surface area is 93.3 Å². The van der Waals surface area contributed by atoms with Crippen molar-refractivity contribution in [3.05, 3.63) is 34.4 Å². The van der Waals surface area contributed by atoms with E-state index in [9.17, 15) is 10.1 Å². The number of nitro groups is 1. The second-order valence-electron chi connectivity index (χ2n) is 3.77. The van der Waals surface area contributed by atoms with Gasteiger partial charge in [0.25, 0.3) is 5.69 Å². The Balaban J connectivity index is 2.14. The molecule has 1 aliphatic carbocycles. The van der Waals surface area contributed by atoms with Crippen LogP contribution in [0.4, 0.5) is 11.4 Å². The van der Waals surface area contributed by atoms with Crippen molar-refractivity contribution in [2.75, 3.05) is 5.43 Å². The molecule has 0 amide bonds. The molecule has 1 aromatic rings. The fraction of sp³-hybridized carbons (Fsp3) is 0.364. The number of hydrazone groups is 1. The molecule has 1 saturated carbocycles. The standard InChI is InChI=1S/C11H13N3O2/c15-14(16)11-8-4-3-7-10(11)13-12-9-5-1-2-6-9/h3-4,7-8,13H,1-2,5-6H2. The van der Waals surface area contributed by atoms with Gasteiger partial charge in [-0.3, -0.25) is 15.5 Å². The average molecular weight is 219 g/mol. The average Bonchev–Trinajstić information content (AvgIpc) is 2.79. The van der Waals surface area contributed by atoms with Crippen molar-refractivity contribution in [2.24, 2.45) is 5.10 Å². The molecule has 0 aliphatic heterocycles. The summed E-state index contributed by atoms with van der Waals surface area (Å²) in [6.07, 6.45) is 4.32. The molecule has 0 atom stereocenters. The monoisotopic (exact) mass is 219 g/mol. The smallest absolute Gasteiger partial charge is 0.272 e. The quantitative estimate of drug-likeness (QED) is 0.627. The minimum absolute atomic E-state index is 0.0600. The van der Waals surface area contributed by atoms with Crippen LogP contribution in [0.1, 0.15) is 25.7 Å². The first kappa shape index (κ1) is 10.6. The van der Waals surface area contributed by atoms with E-state index in [0.717, 1.165) is 31.4 Å². The van der Waals surface area contributed by atoms with E-state index in [4.69, 9.17) is 0 Å². The lowest BCUT2D eigenvalue weighted by Crippen LogP contribution is -1.99. The second-order valence-corrected chi connectivity index (χ2v) is 3.77. The minimum Gasteiger partial charge on any atom is -0.272 e. The summed E-state index contributed by atoms with van der Waals surface area (Å²) in [5.74, 6) is 0. The number of hydrogen-bond donors (Lipinski definition) is 1. The third kappa shape index (κ3) is 2.36. The summed E-state index contributed by atoms with van der Waals surface area (Å²) >= 11 is 0. The number of para-hydroxylation sites is 2. The number of anilines is 1. The maximum Gasteiger partial charge on any atom is 0.294 e. The zero-order chi connectivity index (χ0) is 11.4. The van der Waals surface area contributed by atoms with E-state index in [0.29, 0.717) is 5.69 Å². The van der Waals surface area contributed by atoms with Gasteiger partial charge in [-0.1, -0.05) is 12.1 Å². The Morgan fingerprint density at radius 1 is 1.25 bits per heavy atom. The summed E-state index contributed by atoms with van der Waals surface area (Å²) in [5, 5.41) is 14.9. The molecular formula is C11H13N3O2. The zero-order valence-electron chi connectivity index (χ0n) is 8.85. The molecule has 0 radical (unpaired) electrons. The number of benzene rings is 1. The Kier molecular flexibility index (Phi) is 3.14. The third-order valence-corrected chi connectivity index (χ3v) is 2.62. The van der Waals surface area contributed by atoms with Crippen molar-refractivity contribution in [2.45, 2.75) is 25.7 Å². The lowest BCUT2D eigenvalue weighted by Gasteiger charge is -2.02. The summed E-state index contributed by atoms with van der Waals surface area (Å²) < 4.78 is 0. The van der Waals surface area contributed by atoms with E-state index in [2.05, 4.69) is 10.5 Å². The van der Waals surface area contributed by atoms with Crippen LogP contribution in [-0.4, -0.2) is 10.6 Å². The summed E-state index contributed by atoms with van der Waals surface area (Å²) in [6.45, 7) is 0. The Hall–Kier alpha value is -1.91. The fourth-order valence-corrected chi connectivity index (χ4v) is 1.76. The lowest BCUT2D eigenvalue weighted by molar-refractivity contribution is -0.384. The molecule has 16 heavy (non-hydrogen) atoms. The van der Waals surface area contributed by atoms with E-state index >= 15 is 0 Å². The van der Waals surface area contributed by atoms with Crippen LogP contribution in [0.25, 0.3) is 0 Å². The summed E-state index contributed by atoms with van der Waals surface area (Å²) in [7, 11) is 0. The molecule has 5 heteroatoms. The van der Waals surface area contributed by atoms with Crippen LogP contribution in [0.5, 0.6) is 0 Å². The van der Waals surface area contributed by atoms with Gasteiger partial charge in [0.05, 0.1) is 4.92 Å². The number of rotatable bonds is 3. The third-order valence-electron chi connectivity index (χ3n) is 2.62. The summed E-state index contributed by atoms with van der Waals surface area (Å²) in [5.41, 5.74) is 4.39. The highest BCUT2D eigenvalue weighted by atomic mass is 16.6. The Morgan fingerprint density at radius 3 is 2.62 bits per heavy atom. The molecule has 5 nitrogen and oxygen atoms in total. The molecule has 1 N–H and O–H groups in total. The molecule has 0 heterocycles. The molecule has 0 aromatic heterocycles. The predicted octanol–water partition coefficient (Wildman–Crippen LogP) is 2.94. The predicted molar refractivity (Wildman–Crippen MR) is 62.6 cm³/mol. The highest BCUT2D eigenvalue weighted by molar-refractivity contribution is 5.86. The van der Waals surface area contributed by atoms with Crippen LogP contribution in [0.15, 0.2) is 29.4 Å². The highest BCUT2D eigenvalue weighted by Gasteiger charge is 2.12. The molecule has 0 spiro atoms. The SMILES string of the molecule is O=[N+]([O-])c1ccccc1NN=C1CCCC1. The van der Waals surface area contributed by atoms with Gasteiger partial charge in [-0.15, -0.1) is 0 Å². The Morgan fingerprint density at radius 2 is 1.94 bits per heavy atom. The first-order valence-corrected chi connectivity index (χ1v) is 5.32. The molecule has 2 rings (SSSR count). The minimum atomic E-state index is -0.406. The van der Waals surface area contributed by atoms with E-state index in [1.54, 1.807) is 18.2 Å². The molecule has 0 bridgehead atoms. The van der Waals surface area contributed by atoms with Crippen molar-refractivity contribution < 1.29 is 4.92 Å². The van der Waals surface area contributed by atoms with Gasteiger partial charge in [0, 0.05) is 11.8 Å². The van der Waals surface area contributed by atoms with Crippen molar-refractivity contribution >= 4 is 17.1 Å². The first-order valence-electron chi connectivity index (χ1n) is 5.32. The normalized spacial score (nSPS) is 14.9. The summed E-state index contributed by atoms with van der Waals surface area (Å²) in [6, 6.07) is 6.53. The van der Waals surface area contributed by atoms with E-state index in [-0.39, 0.29) is 5.69 Å². The van der Waals surface area contributed by atoms with Gasteiger partial charge in [-0.2, -0.15) is 5.10 Å². The number of nitro benzene ring substituents is 1. The largest absolute Gasteiger partial charge is 0.294 e.